The molecule has 0 spiro atoms. The van der Waals surface area contributed by atoms with Gasteiger partial charge >= 0.3 is 0 Å². The van der Waals surface area contributed by atoms with E-state index >= 15 is 0 Å². The average molecular weight is 669 g/mol. The number of benzene rings is 7. The lowest BCUT2D eigenvalue weighted by Gasteiger charge is -2.10. The predicted octanol–water partition coefficient (Wildman–Crippen LogP) is 11.5. The third-order valence-electron chi connectivity index (χ3n) is 7.53. The minimum atomic E-state index is -1.04. The van der Waals surface area contributed by atoms with Crippen LogP contribution in [0.1, 0.15) is 38.4 Å². The van der Waals surface area contributed by atoms with Crippen LogP contribution in [-0.2, 0) is 0 Å². The number of rotatable bonds is 5. The maximum Gasteiger partial charge on any atom is 0.164 e. The molecule has 0 fully saturated rings. The Kier molecular flexibility index (Phi) is 2.72. The number of hydrogen-bond acceptors (Lipinski definition) is 4. The lowest BCUT2D eigenvalue weighted by molar-refractivity contribution is 0.667. The van der Waals surface area contributed by atoms with Gasteiger partial charge in [0, 0.05) is 43.8 Å². The van der Waals surface area contributed by atoms with E-state index in [1.54, 1.807) is 0 Å². The molecular weight excluding hydrogens is 613 g/mol. The Labute approximate surface area is 327 Å². The molecule has 0 bridgehead atoms. The SMILES string of the molecule is [2H]c1c([2H])c([2H])c(-c2nc(-c3c([2H])c([2H])c([2H])c([2H])c3[2H])nc(-c3c([2H])c([2H])c4c(c3[2H])c3c([2H])c([2H])c([2H])c([2H])c3n4-c3c([2H])c([2H])c([2H])c4c3oc3c(-c5c([2H])c([2H])c([2H])c([2H])c5[2H])c([2H])c([2H])c([2H])c34)n2)c([2H])c1[2H]. The summed E-state index contributed by atoms with van der Waals surface area (Å²) in [7, 11) is 0. The molecule has 0 saturated heterocycles. The lowest BCUT2D eigenvalue weighted by atomic mass is 10.0. The molecule has 5 nitrogen and oxygen atoms in total. The van der Waals surface area contributed by atoms with Gasteiger partial charge in [0.05, 0.1) is 55.1 Å². The standard InChI is InChI=1S/C45H28N4O/c1-4-14-29(15-5-1)33-21-12-22-35-36-23-13-25-40(42(36)50-41(33)35)49-38-24-11-10-20-34(38)37-28-32(26-27-39(37)49)45-47-43(30-16-6-2-7-17-30)46-44(48-45)31-18-8-3-9-19-31/h1-28H/i1D,2D,3D,4D,5D,6D,7D,8D,9D,10D,11D,12D,13D,14D,15D,16D,17D,18D,19D,20D,21D,22D,23D,24D,25D,26D,27D,28D. The van der Waals surface area contributed by atoms with Crippen molar-refractivity contribution in [2.24, 2.45) is 0 Å². The minimum Gasteiger partial charge on any atom is -0.453 e. The molecule has 0 atom stereocenters. The fourth-order valence-electron chi connectivity index (χ4n) is 5.43. The molecular formula is C45H28N4O. The fraction of sp³-hybridized carbons (Fsp3) is 0. The van der Waals surface area contributed by atoms with Gasteiger partial charge in [0.15, 0.2) is 23.1 Å². The number of fused-ring (bicyclic) bond motifs is 6. The molecule has 0 aliphatic carbocycles. The van der Waals surface area contributed by atoms with E-state index in [9.17, 15) is 8.22 Å². The smallest absolute Gasteiger partial charge is 0.164 e. The van der Waals surface area contributed by atoms with E-state index in [1.165, 1.54) is 0 Å². The summed E-state index contributed by atoms with van der Waals surface area (Å²) in [5, 5.41) is -2.33. The molecule has 10 aromatic rings. The summed E-state index contributed by atoms with van der Waals surface area (Å²) in [5.74, 6) is -2.50. The van der Waals surface area contributed by atoms with Crippen molar-refractivity contribution in [3.05, 3.63) is 169 Å². The molecule has 10 rings (SSSR count). The summed E-state index contributed by atoms with van der Waals surface area (Å²) < 4.78 is 254. The maximum atomic E-state index is 9.87. The molecule has 0 radical (unpaired) electrons. The monoisotopic (exact) mass is 668 g/mol. The molecule has 234 valence electrons. The number of nitrogens with zero attached hydrogens (tertiary/aromatic N) is 4. The third-order valence-corrected chi connectivity index (χ3v) is 7.53. The number of aromatic nitrogens is 4. The van der Waals surface area contributed by atoms with Crippen molar-refractivity contribution in [3.8, 4) is 51.0 Å². The van der Waals surface area contributed by atoms with Gasteiger partial charge in [-0.2, -0.15) is 0 Å². The second kappa shape index (κ2) is 11.4. The van der Waals surface area contributed by atoms with E-state index in [2.05, 4.69) is 15.0 Å². The van der Waals surface area contributed by atoms with Gasteiger partial charge in [-0.15, -0.1) is 0 Å². The average Bonchev–Trinajstić information content (AvgIpc) is 4.21. The first-order chi connectivity index (χ1) is 36.4. The van der Waals surface area contributed by atoms with Gasteiger partial charge in [-0.1, -0.05) is 139 Å². The topological polar surface area (TPSA) is 56.7 Å². The first kappa shape index (κ1) is 11.9. The Morgan fingerprint density at radius 1 is 0.400 bits per heavy atom. The zero-order valence-electron chi connectivity index (χ0n) is 52.7. The molecule has 5 heteroatoms. The largest absolute Gasteiger partial charge is 0.453 e. The molecule has 0 saturated carbocycles. The fourth-order valence-corrected chi connectivity index (χ4v) is 5.43. The number of hydrogen-bond donors (Lipinski definition) is 0. The van der Waals surface area contributed by atoms with E-state index in [4.69, 9.17) is 34.6 Å². The summed E-state index contributed by atoms with van der Waals surface area (Å²) in [6.07, 6.45) is 0. The molecule has 3 aromatic heterocycles. The minimum absolute atomic E-state index is 0.536. The van der Waals surface area contributed by atoms with E-state index < -0.39 is 264 Å². The Morgan fingerprint density at radius 2 is 0.920 bits per heavy atom. The van der Waals surface area contributed by atoms with Crippen LogP contribution in [0.2, 0.25) is 0 Å². The van der Waals surface area contributed by atoms with Crippen molar-refractivity contribution in [2.45, 2.75) is 0 Å². The Hall–Kier alpha value is -6.85. The van der Waals surface area contributed by atoms with Crippen LogP contribution in [0.25, 0.3) is 94.7 Å². The van der Waals surface area contributed by atoms with Crippen LogP contribution in [0.4, 0.5) is 0 Å². The highest BCUT2D eigenvalue weighted by Crippen LogP contribution is 2.41. The summed E-state index contributed by atoms with van der Waals surface area (Å²) in [6, 6.07) is -25.2. The first-order valence-corrected chi connectivity index (χ1v) is 14.4. The molecule has 7 aromatic carbocycles. The number of para-hydroxylation sites is 3. The summed E-state index contributed by atoms with van der Waals surface area (Å²) >= 11 is 0. The van der Waals surface area contributed by atoms with Crippen molar-refractivity contribution in [3.63, 3.8) is 0 Å². The quantitative estimate of drug-likeness (QED) is 0.183. The van der Waals surface area contributed by atoms with E-state index in [0.717, 1.165) is 4.57 Å². The maximum absolute atomic E-state index is 9.87. The van der Waals surface area contributed by atoms with Crippen molar-refractivity contribution in [1.29, 1.82) is 0 Å². The van der Waals surface area contributed by atoms with Crippen LogP contribution in [0.5, 0.6) is 0 Å². The van der Waals surface area contributed by atoms with Crippen LogP contribution >= 0.6 is 0 Å². The molecule has 3 heterocycles. The molecule has 0 amide bonds. The second-order valence-corrected chi connectivity index (χ2v) is 10.3. The zero-order valence-corrected chi connectivity index (χ0v) is 24.7. The van der Waals surface area contributed by atoms with Gasteiger partial charge in [0.1, 0.15) is 5.58 Å². The zero-order chi connectivity index (χ0) is 57.4. The predicted molar refractivity (Wildman–Crippen MR) is 203 cm³/mol. The highest BCUT2D eigenvalue weighted by molar-refractivity contribution is 6.14. The first-order valence-electron chi connectivity index (χ1n) is 28.4. The van der Waals surface area contributed by atoms with Crippen LogP contribution < -0.4 is 0 Å². The summed E-state index contributed by atoms with van der Waals surface area (Å²) in [4.78, 5) is 12.8. The summed E-state index contributed by atoms with van der Waals surface area (Å²) in [5.41, 5.74) is -7.04. The van der Waals surface area contributed by atoms with E-state index in [0.29, 0.717) is 0 Å². The molecule has 0 N–H and O–H groups in total. The van der Waals surface area contributed by atoms with Gasteiger partial charge < -0.3 is 8.98 Å². The van der Waals surface area contributed by atoms with Crippen molar-refractivity contribution >= 4 is 43.7 Å². The van der Waals surface area contributed by atoms with Gasteiger partial charge in [-0.05, 0) is 35.8 Å². The summed E-state index contributed by atoms with van der Waals surface area (Å²) in [6.45, 7) is 0. The van der Waals surface area contributed by atoms with Gasteiger partial charge in [0.25, 0.3) is 0 Å². The Morgan fingerprint density at radius 3 is 1.60 bits per heavy atom. The van der Waals surface area contributed by atoms with Crippen LogP contribution in [-0.4, -0.2) is 19.5 Å². The molecule has 0 aliphatic rings. The Balaban J connectivity index is 1.41. The van der Waals surface area contributed by atoms with E-state index in [1.807, 2.05) is 0 Å². The van der Waals surface area contributed by atoms with Crippen LogP contribution in [0, 0.1) is 0 Å². The van der Waals surface area contributed by atoms with Gasteiger partial charge in [-0.25, -0.2) is 15.0 Å². The van der Waals surface area contributed by atoms with Crippen molar-refractivity contribution in [1.82, 2.24) is 19.5 Å². The van der Waals surface area contributed by atoms with Crippen molar-refractivity contribution < 1.29 is 42.8 Å². The van der Waals surface area contributed by atoms with Gasteiger partial charge in [0.2, 0.25) is 0 Å². The second-order valence-electron chi connectivity index (χ2n) is 10.3. The van der Waals surface area contributed by atoms with E-state index in [-0.39, 0.29) is 0 Å². The van der Waals surface area contributed by atoms with Gasteiger partial charge in [-0.3, -0.25) is 0 Å². The highest BCUT2D eigenvalue weighted by atomic mass is 16.3. The molecule has 0 unspecified atom stereocenters. The highest BCUT2D eigenvalue weighted by Gasteiger charge is 2.20. The molecule has 50 heavy (non-hydrogen) atoms. The van der Waals surface area contributed by atoms with Crippen molar-refractivity contribution in [2.75, 3.05) is 0 Å². The lowest BCUT2D eigenvalue weighted by Crippen LogP contribution is -2.00. The number of furan rings is 1. The normalized spacial score (nSPS) is 19.4. The third kappa shape index (κ3) is 4.52. The van der Waals surface area contributed by atoms with Crippen LogP contribution in [0.3, 0.4) is 0 Å². The van der Waals surface area contributed by atoms with Crippen LogP contribution in [0.15, 0.2) is 174 Å². The Bertz CT molecular complexity index is 4320. The molecule has 0 aliphatic heterocycles.